The quantitative estimate of drug-likeness (QED) is 0.271. The summed E-state index contributed by atoms with van der Waals surface area (Å²) in [5.41, 5.74) is 4.09. The summed E-state index contributed by atoms with van der Waals surface area (Å²) in [5, 5.41) is 8.72. The molecule has 44 heavy (non-hydrogen) atoms. The van der Waals surface area contributed by atoms with Crippen molar-refractivity contribution in [3.63, 3.8) is 0 Å². The Bertz CT molecular complexity index is 1200. The lowest BCUT2D eigenvalue weighted by atomic mass is 9.78. The lowest BCUT2D eigenvalue weighted by Gasteiger charge is -2.39. The SMILES string of the molecule is CC(C)(C)[C@H](NC(=O)N[C@H](CN1CCCC1=O)C(C)(C)C)C(=O)N1C[C@H]2[C@@H]([C@H]1C(=O)NC(C(=O)C(N)=O)C1CCC1)C2(C)C. The van der Waals surface area contributed by atoms with Crippen LogP contribution in [-0.2, 0) is 24.0 Å². The molecule has 2 saturated carbocycles. The van der Waals surface area contributed by atoms with Crippen molar-refractivity contribution in [2.75, 3.05) is 19.6 Å². The standard InChI is InChI=1S/C32H52N6O6/c1-30(2,3)19(16-37-14-10-13-20(37)39)34-29(44)36-25(31(4,5)6)28(43)38-15-18-21(32(18,7)8)23(38)27(42)35-22(17-11-9-12-17)24(40)26(33)41/h17-19,21-23,25H,9-16H2,1-8H3,(H2,33,41)(H,35,42)(H2,34,36,44)/t18-,19+,21-,22?,23-,25+/m0/s1. The Labute approximate surface area is 261 Å². The van der Waals surface area contributed by atoms with Gasteiger partial charge in [0.25, 0.3) is 5.91 Å². The van der Waals surface area contributed by atoms with Crippen LogP contribution in [0.5, 0.6) is 0 Å². The number of fused-ring (bicyclic) bond motifs is 1. The van der Waals surface area contributed by atoms with Crippen molar-refractivity contribution in [2.24, 2.45) is 39.7 Å². The smallest absolute Gasteiger partial charge is 0.315 e. The van der Waals surface area contributed by atoms with Gasteiger partial charge in [-0.2, -0.15) is 0 Å². The maximum atomic E-state index is 14.3. The van der Waals surface area contributed by atoms with E-state index in [1.54, 1.807) is 9.80 Å². The van der Waals surface area contributed by atoms with E-state index in [1.807, 2.05) is 41.5 Å². The molecule has 2 aliphatic carbocycles. The Balaban J connectivity index is 1.52. The van der Waals surface area contributed by atoms with Crippen molar-refractivity contribution in [3.8, 4) is 0 Å². The van der Waals surface area contributed by atoms with Gasteiger partial charge in [-0.15, -0.1) is 0 Å². The summed E-state index contributed by atoms with van der Waals surface area (Å²) in [5.74, 6) is -2.86. The van der Waals surface area contributed by atoms with Gasteiger partial charge in [0.05, 0.1) is 6.04 Å². The summed E-state index contributed by atoms with van der Waals surface area (Å²) in [7, 11) is 0. The zero-order valence-electron chi connectivity index (χ0n) is 27.6. The minimum atomic E-state index is -1.09. The monoisotopic (exact) mass is 616 g/mol. The number of carbonyl (C=O) groups is 6. The lowest BCUT2D eigenvalue weighted by Crippen LogP contribution is -2.63. The number of ketones is 1. The third-order valence-corrected chi connectivity index (χ3v) is 10.5. The molecule has 5 N–H and O–H groups in total. The molecule has 4 fully saturated rings. The average molecular weight is 617 g/mol. The summed E-state index contributed by atoms with van der Waals surface area (Å²) >= 11 is 0. The largest absolute Gasteiger partial charge is 0.363 e. The minimum absolute atomic E-state index is 0.0705. The first-order valence-corrected chi connectivity index (χ1v) is 16.0. The molecule has 0 aromatic carbocycles. The van der Waals surface area contributed by atoms with Crippen LogP contribution in [0.2, 0.25) is 0 Å². The number of primary amides is 1. The van der Waals surface area contributed by atoms with Crippen LogP contribution < -0.4 is 21.7 Å². The Kier molecular flexibility index (Phi) is 9.17. The normalized spacial score (nSPS) is 26.6. The highest BCUT2D eigenvalue weighted by molar-refractivity contribution is 6.38. The molecule has 0 aromatic heterocycles. The lowest BCUT2D eigenvalue weighted by molar-refractivity contribution is -0.145. The predicted molar refractivity (Wildman–Crippen MR) is 164 cm³/mol. The second-order valence-electron chi connectivity index (χ2n) is 16.1. The predicted octanol–water partition coefficient (Wildman–Crippen LogP) is 1.56. The van der Waals surface area contributed by atoms with E-state index >= 15 is 0 Å². The number of carbonyl (C=O) groups excluding carboxylic acids is 6. The van der Waals surface area contributed by atoms with E-state index < -0.39 is 47.2 Å². The first-order chi connectivity index (χ1) is 20.2. The highest BCUT2D eigenvalue weighted by Gasteiger charge is 2.70. The zero-order valence-corrected chi connectivity index (χ0v) is 27.6. The van der Waals surface area contributed by atoms with Crippen molar-refractivity contribution in [1.82, 2.24) is 25.8 Å². The summed E-state index contributed by atoms with van der Waals surface area (Å²) < 4.78 is 0. The van der Waals surface area contributed by atoms with Gasteiger partial charge in [-0.25, -0.2) is 4.79 Å². The van der Waals surface area contributed by atoms with E-state index in [9.17, 15) is 28.8 Å². The van der Waals surface area contributed by atoms with Crippen molar-refractivity contribution < 1.29 is 28.8 Å². The van der Waals surface area contributed by atoms with Crippen LogP contribution in [0, 0.1) is 34.0 Å². The number of hydrogen-bond donors (Lipinski definition) is 4. The first-order valence-electron chi connectivity index (χ1n) is 16.0. The molecule has 246 valence electrons. The van der Waals surface area contributed by atoms with Crippen molar-refractivity contribution in [3.05, 3.63) is 0 Å². The second kappa shape index (κ2) is 12.0. The number of nitrogens with two attached hydrogens (primary N) is 1. The van der Waals surface area contributed by atoms with Gasteiger partial charge in [0, 0.05) is 26.1 Å². The number of piperidine rings is 1. The number of urea groups is 1. The number of nitrogens with one attached hydrogen (secondary N) is 3. The highest BCUT2D eigenvalue weighted by Crippen LogP contribution is 2.65. The zero-order chi connectivity index (χ0) is 32.9. The number of amides is 6. The molecular formula is C32H52N6O6. The van der Waals surface area contributed by atoms with Crippen LogP contribution in [0.25, 0.3) is 0 Å². The third-order valence-electron chi connectivity index (χ3n) is 10.5. The molecule has 6 atom stereocenters. The van der Waals surface area contributed by atoms with E-state index in [0.29, 0.717) is 38.9 Å². The van der Waals surface area contributed by atoms with Crippen LogP contribution in [-0.4, -0.2) is 89.0 Å². The van der Waals surface area contributed by atoms with Gasteiger partial charge >= 0.3 is 6.03 Å². The van der Waals surface area contributed by atoms with Crippen molar-refractivity contribution in [2.45, 2.75) is 112 Å². The fourth-order valence-electron chi connectivity index (χ4n) is 7.17. The molecule has 2 saturated heterocycles. The molecule has 4 aliphatic rings. The van der Waals surface area contributed by atoms with Crippen molar-refractivity contribution in [1.29, 1.82) is 0 Å². The molecule has 0 radical (unpaired) electrons. The molecule has 0 aromatic rings. The van der Waals surface area contributed by atoms with Gasteiger partial charge < -0.3 is 31.5 Å². The molecule has 12 heteroatoms. The van der Waals surface area contributed by atoms with E-state index in [2.05, 4.69) is 29.8 Å². The number of likely N-dealkylation sites (tertiary alicyclic amines) is 2. The molecule has 0 bridgehead atoms. The van der Waals surface area contributed by atoms with Gasteiger partial charge in [-0.1, -0.05) is 61.8 Å². The molecular weight excluding hydrogens is 564 g/mol. The minimum Gasteiger partial charge on any atom is -0.363 e. The van der Waals surface area contributed by atoms with Gasteiger partial charge in [-0.3, -0.25) is 24.0 Å². The molecule has 1 unspecified atom stereocenters. The van der Waals surface area contributed by atoms with E-state index in [-0.39, 0.29) is 46.4 Å². The van der Waals surface area contributed by atoms with E-state index in [4.69, 9.17) is 5.73 Å². The Hall–Kier alpha value is -3.18. The second-order valence-corrected chi connectivity index (χ2v) is 16.1. The maximum Gasteiger partial charge on any atom is 0.315 e. The number of Topliss-reactive ketones (excluding diaryl/α,β-unsaturated/α-hetero) is 1. The summed E-state index contributed by atoms with van der Waals surface area (Å²) in [6.07, 6.45) is 3.62. The molecule has 12 nitrogen and oxygen atoms in total. The molecule has 0 spiro atoms. The third kappa shape index (κ3) is 6.73. The Morgan fingerprint density at radius 1 is 0.955 bits per heavy atom. The first kappa shape index (κ1) is 33.7. The topological polar surface area (TPSA) is 171 Å². The van der Waals surface area contributed by atoms with E-state index in [0.717, 1.165) is 12.8 Å². The number of nitrogens with zero attached hydrogens (tertiary/aromatic N) is 2. The van der Waals surface area contributed by atoms with Crippen LogP contribution in [0.3, 0.4) is 0 Å². The highest BCUT2D eigenvalue weighted by atomic mass is 16.2. The van der Waals surface area contributed by atoms with Gasteiger partial charge in [0.1, 0.15) is 18.1 Å². The van der Waals surface area contributed by atoms with Crippen molar-refractivity contribution >= 4 is 35.4 Å². The number of rotatable bonds is 10. The van der Waals surface area contributed by atoms with Gasteiger partial charge in [0.2, 0.25) is 23.5 Å². The Morgan fingerprint density at radius 3 is 2.07 bits per heavy atom. The molecule has 2 heterocycles. The number of hydrogen-bond acceptors (Lipinski definition) is 6. The summed E-state index contributed by atoms with van der Waals surface area (Å²) in [6, 6.07) is -3.69. The van der Waals surface area contributed by atoms with Crippen LogP contribution in [0.4, 0.5) is 4.79 Å². The van der Waals surface area contributed by atoms with E-state index in [1.165, 1.54) is 0 Å². The Morgan fingerprint density at radius 2 is 1.59 bits per heavy atom. The fraction of sp³-hybridized carbons (Fsp3) is 0.812. The van der Waals surface area contributed by atoms with Crippen LogP contribution in [0.15, 0.2) is 0 Å². The van der Waals surface area contributed by atoms with Crippen LogP contribution >= 0.6 is 0 Å². The molecule has 2 aliphatic heterocycles. The fourth-order valence-corrected chi connectivity index (χ4v) is 7.17. The van der Waals surface area contributed by atoms with Crippen LogP contribution in [0.1, 0.15) is 87.5 Å². The summed E-state index contributed by atoms with van der Waals surface area (Å²) in [6.45, 7) is 17.1. The maximum absolute atomic E-state index is 14.3. The molecule has 6 amide bonds. The van der Waals surface area contributed by atoms with Gasteiger partial charge in [0.15, 0.2) is 0 Å². The molecule has 4 rings (SSSR count). The van der Waals surface area contributed by atoms with Gasteiger partial charge in [-0.05, 0) is 53.3 Å². The summed E-state index contributed by atoms with van der Waals surface area (Å²) in [4.78, 5) is 81.6. The average Bonchev–Trinajstić information content (AvgIpc) is 3.22.